The number of aryl methyl sites for hydroxylation is 2. The molecular weight excluding hydrogens is 288 g/mol. The molecule has 1 saturated heterocycles. The third-order valence-electron chi connectivity index (χ3n) is 4.91. The second kappa shape index (κ2) is 8.81. The van der Waals surface area contributed by atoms with Crippen LogP contribution in [0.1, 0.15) is 44.9 Å². The third kappa shape index (κ3) is 5.30. The highest BCUT2D eigenvalue weighted by molar-refractivity contribution is 5.15. The topological polar surface area (TPSA) is 44.5 Å². The maximum absolute atomic E-state index is 9.41. The summed E-state index contributed by atoms with van der Waals surface area (Å²) in [4.78, 5) is 5.10. The number of aliphatic hydroxyl groups is 1. The van der Waals surface area contributed by atoms with Crippen molar-refractivity contribution < 1.29 is 5.11 Å². The molecule has 1 aliphatic heterocycles. The summed E-state index contributed by atoms with van der Waals surface area (Å²) in [7, 11) is 0. The SMILES string of the molecule is CCn1cc(CN2CCN(CCC(C)C)[C@H](CCO)C2)c(C)n1. The second-order valence-electron chi connectivity index (χ2n) is 7.22. The lowest BCUT2D eigenvalue weighted by molar-refractivity contribution is 0.0523. The first-order valence-corrected chi connectivity index (χ1v) is 9.13. The van der Waals surface area contributed by atoms with Crippen molar-refractivity contribution in [3.8, 4) is 0 Å². The fraction of sp³-hybridized carbons (Fsp3) is 0.833. The van der Waals surface area contributed by atoms with Crippen LogP contribution in [0.2, 0.25) is 0 Å². The zero-order valence-corrected chi connectivity index (χ0v) is 15.3. The van der Waals surface area contributed by atoms with Gasteiger partial charge in [0, 0.05) is 57.1 Å². The zero-order chi connectivity index (χ0) is 16.8. The van der Waals surface area contributed by atoms with Crippen molar-refractivity contribution in [1.82, 2.24) is 19.6 Å². The molecular formula is C18H34N4O. The molecule has 1 aliphatic rings. The van der Waals surface area contributed by atoms with E-state index in [1.54, 1.807) is 0 Å². The predicted molar refractivity (Wildman–Crippen MR) is 94.4 cm³/mol. The van der Waals surface area contributed by atoms with Gasteiger partial charge in [-0.2, -0.15) is 5.10 Å². The van der Waals surface area contributed by atoms with Crippen molar-refractivity contribution in [2.45, 2.75) is 59.7 Å². The second-order valence-corrected chi connectivity index (χ2v) is 7.22. The zero-order valence-electron chi connectivity index (χ0n) is 15.3. The maximum atomic E-state index is 9.41. The largest absolute Gasteiger partial charge is 0.396 e. The normalized spacial score (nSPS) is 20.5. The van der Waals surface area contributed by atoms with E-state index in [2.05, 4.69) is 48.8 Å². The minimum absolute atomic E-state index is 0.281. The molecule has 0 saturated carbocycles. The molecule has 0 aliphatic carbocycles. The van der Waals surface area contributed by atoms with E-state index in [-0.39, 0.29) is 6.61 Å². The standard InChI is InChI=1S/C18H34N4O/c1-5-22-13-17(16(4)19-22)12-20-9-10-21(8-6-15(2)3)18(14-20)7-11-23/h13,15,18,23H,5-12,14H2,1-4H3/t18-/m1/s1. The Bertz CT molecular complexity index is 472. The summed E-state index contributed by atoms with van der Waals surface area (Å²) in [6, 6.07) is 0.481. The first-order chi connectivity index (χ1) is 11.0. The lowest BCUT2D eigenvalue weighted by atomic mass is 10.1. The Labute approximate surface area is 141 Å². The molecule has 1 N–H and O–H groups in total. The van der Waals surface area contributed by atoms with E-state index in [9.17, 15) is 5.11 Å². The summed E-state index contributed by atoms with van der Waals surface area (Å²) in [6.07, 6.45) is 4.30. The number of aromatic nitrogens is 2. The number of aliphatic hydroxyl groups excluding tert-OH is 1. The van der Waals surface area contributed by atoms with Gasteiger partial charge in [0.1, 0.15) is 0 Å². The highest BCUT2D eigenvalue weighted by Crippen LogP contribution is 2.18. The molecule has 0 spiro atoms. The fourth-order valence-electron chi connectivity index (χ4n) is 3.36. The van der Waals surface area contributed by atoms with Gasteiger partial charge in [0.2, 0.25) is 0 Å². The Kier molecular flexibility index (Phi) is 7.06. The summed E-state index contributed by atoms with van der Waals surface area (Å²) >= 11 is 0. The van der Waals surface area contributed by atoms with Gasteiger partial charge in [0.15, 0.2) is 0 Å². The molecule has 1 fully saturated rings. The first kappa shape index (κ1) is 18.4. The van der Waals surface area contributed by atoms with Crippen LogP contribution in [-0.4, -0.2) is 63.5 Å². The number of rotatable bonds is 8. The van der Waals surface area contributed by atoms with Crippen LogP contribution in [0.25, 0.3) is 0 Å². The molecule has 0 amide bonds. The Morgan fingerprint density at radius 3 is 2.74 bits per heavy atom. The van der Waals surface area contributed by atoms with Crippen molar-refractivity contribution in [2.24, 2.45) is 5.92 Å². The van der Waals surface area contributed by atoms with Crippen molar-refractivity contribution in [3.05, 3.63) is 17.5 Å². The Hall–Kier alpha value is -0.910. The molecule has 1 aromatic heterocycles. The molecule has 0 unspecified atom stereocenters. The summed E-state index contributed by atoms with van der Waals surface area (Å²) in [6.45, 7) is 15.4. The summed E-state index contributed by atoms with van der Waals surface area (Å²) in [5, 5.41) is 14.0. The van der Waals surface area contributed by atoms with Gasteiger partial charge >= 0.3 is 0 Å². The number of hydrogen-bond donors (Lipinski definition) is 1. The van der Waals surface area contributed by atoms with E-state index in [0.717, 1.165) is 57.3 Å². The van der Waals surface area contributed by atoms with Crippen molar-refractivity contribution in [2.75, 3.05) is 32.8 Å². The van der Waals surface area contributed by atoms with E-state index in [4.69, 9.17) is 0 Å². The smallest absolute Gasteiger partial charge is 0.0638 e. The van der Waals surface area contributed by atoms with Crippen molar-refractivity contribution >= 4 is 0 Å². The van der Waals surface area contributed by atoms with Gasteiger partial charge in [-0.25, -0.2) is 0 Å². The molecule has 132 valence electrons. The van der Waals surface area contributed by atoms with Crippen LogP contribution < -0.4 is 0 Å². The van der Waals surface area contributed by atoms with Gasteiger partial charge in [-0.05, 0) is 39.2 Å². The number of nitrogens with zero attached hydrogens (tertiary/aromatic N) is 4. The average molecular weight is 322 g/mol. The maximum Gasteiger partial charge on any atom is 0.0638 e. The first-order valence-electron chi connectivity index (χ1n) is 9.13. The van der Waals surface area contributed by atoms with Gasteiger partial charge in [-0.1, -0.05) is 13.8 Å². The predicted octanol–water partition coefficient (Wildman–Crippen LogP) is 2.13. The molecule has 2 heterocycles. The van der Waals surface area contributed by atoms with Crippen molar-refractivity contribution in [1.29, 1.82) is 0 Å². The van der Waals surface area contributed by atoms with Crippen LogP contribution in [0.5, 0.6) is 0 Å². The van der Waals surface area contributed by atoms with Gasteiger partial charge in [-0.3, -0.25) is 14.5 Å². The molecule has 23 heavy (non-hydrogen) atoms. The van der Waals surface area contributed by atoms with Gasteiger partial charge < -0.3 is 5.11 Å². The quantitative estimate of drug-likeness (QED) is 0.796. The van der Waals surface area contributed by atoms with Crippen LogP contribution >= 0.6 is 0 Å². The molecule has 1 atom stereocenters. The minimum Gasteiger partial charge on any atom is -0.396 e. The van der Waals surface area contributed by atoms with Crippen LogP contribution in [0.4, 0.5) is 0 Å². The molecule has 2 rings (SSSR count). The lowest BCUT2D eigenvalue weighted by Crippen LogP contribution is -2.53. The number of piperazine rings is 1. The lowest BCUT2D eigenvalue weighted by Gasteiger charge is -2.41. The highest BCUT2D eigenvalue weighted by atomic mass is 16.3. The molecule has 0 bridgehead atoms. The van der Waals surface area contributed by atoms with Gasteiger partial charge in [0.05, 0.1) is 5.69 Å². The van der Waals surface area contributed by atoms with Gasteiger partial charge in [-0.15, -0.1) is 0 Å². The molecule has 0 radical (unpaired) electrons. The van der Waals surface area contributed by atoms with Gasteiger partial charge in [0.25, 0.3) is 0 Å². The highest BCUT2D eigenvalue weighted by Gasteiger charge is 2.26. The molecule has 0 aromatic carbocycles. The van der Waals surface area contributed by atoms with E-state index in [0.29, 0.717) is 6.04 Å². The summed E-state index contributed by atoms with van der Waals surface area (Å²) in [5.41, 5.74) is 2.48. The number of hydrogen-bond acceptors (Lipinski definition) is 4. The average Bonchev–Trinajstić information content (AvgIpc) is 2.87. The summed E-state index contributed by atoms with van der Waals surface area (Å²) < 4.78 is 2.02. The minimum atomic E-state index is 0.281. The Morgan fingerprint density at radius 1 is 1.35 bits per heavy atom. The van der Waals surface area contributed by atoms with E-state index >= 15 is 0 Å². The fourth-order valence-corrected chi connectivity index (χ4v) is 3.36. The monoisotopic (exact) mass is 322 g/mol. The van der Waals surface area contributed by atoms with E-state index in [1.807, 2.05) is 4.68 Å². The molecule has 5 heteroatoms. The van der Waals surface area contributed by atoms with E-state index in [1.165, 1.54) is 12.0 Å². The van der Waals surface area contributed by atoms with Crippen LogP contribution in [0.15, 0.2) is 6.20 Å². The third-order valence-corrected chi connectivity index (χ3v) is 4.91. The Morgan fingerprint density at radius 2 is 2.13 bits per heavy atom. The summed E-state index contributed by atoms with van der Waals surface area (Å²) in [5.74, 6) is 0.741. The van der Waals surface area contributed by atoms with E-state index < -0.39 is 0 Å². The Balaban J connectivity index is 1.93. The van der Waals surface area contributed by atoms with Crippen LogP contribution in [-0.2, 0) is 13.1 Å². The van der Waals surface area contributed by atoms with Crippen LogP contribution in [0.3, 0.4) is 0 Å². The molecule has 1 aromatic rings. The molecule has 5 nitrogen and oxygen atoms in total. The van der Waals surface area contributed by atoms with Crippen molar-refractivity contribution in [3.63, 3.8) is 0 Å². The van der Waals surface area contributed by atoms with Crippen LogP contribution in [0, 0.1) is 12.8 Å².